The summed E-state index contributed by atoms with van der Waals surface area (Å²) in [6.07, 6.45) is 5.62. The lowest BCUT2D eigenvalue weighted by molar-refractivity contribution is -0.121. The molecule has 1 aromatic rings. The Labute approximate surface area is 125 Å². The molecule has 1 rings (SSSR count). The van der Waals surface area contributed by atoms with Crippen LogP contribution in [-0.2, 0) is 11.3 Å². The number of rotatable bonds is 8. The summed E-state index contributed by atoms with van der Waals surface area (Å²) in [7, 11) is 0. The Morgan fingerprint density at radius 1 is 1.40 bits per heavy atom. The van der Waals surface area contributed by atoms with Gasteiger partial charge in [0.1, 0.15) is 0 Å². The quantitative estimate of drug-likeness (QED) is 0.571. The number of carbonyl (C=O) groups is 1. The van der Waals surface area contributed by atoms with E-state index in [1.54, 1.807) is 11.3 Å². The Balaban J connectivity index is 2.25. The van der Waals surface area contributed by atoms with Crippen LogP contribution in [0.4, 0.5) is 0 Å². The van der Waals surface area contributed by atoms with Gasteiger partial charge in [-0.2, -0.15) is 0 Å². The van der Waals surface area contributed by atoms with Crippen molar-refractivity contribution in [3.8, 4) is 11.8 Å². The first kappa shape index (κ1) is 16.7. The lowest BCUT2D eigenvalue weighted by Crippen LogP contribution is -2.21. The molecule has 0 unspecified atom stereocenters. The molecule has 0 saturated carbocycles. The predicted molar refractivity (Wildman–Crippen MR) is 83.5 cm³/mol. The minimum absolute atomic E-state index is 0.0953. The third kappa shape index (κ3) is 7.32. The zero-order valence-corrected chi connectivity index (χ0v) is 12.9. The molecular formula is C16H23NO2S. The van der Waals surface area contributed by atoms with E-state index < -0.39 is 0 Å². The molecule has 4 heteroatoms. The zero-order chi connectivity index (χ0) is 14.6. The number of thiophene rings is 1. The molecule has 1 amide bonds. The van der Waals surface area contributed by atoms with E-state index in [4.69, 9.17) is 5.11 Å². The molecule has 0 radical (unpaired) electrons. The van der Waals surface area contributed by atoms with Crippen molar-refractivity contribution in [3.05, 3.63) is 21.9 Å². The monoisotopic (exact) mass is 293 g/mol. The number of aliphatic hydroxyl groups is 1. The number of carbonyl (C=O) groups excluding carboxylic acids is 1. The lowest BCUT2D eigenvalue weighted by Gasteiger charge is -2.03. The van der Waals surface area contributed by atoms with Gasteiger partial charge in [-0.15, -0.1) is 11.3 Å². The molecule has 110 valence electrons. The van der Waals surface area contributed by atoms with Crippen LogP contribution in [0.3, 0.4) is 0 Å². The minimum atomic E-state index is 0.0953. The van der Waals surface area contributed by atoms with Crippen LogP contribution >= 0.6 is 11.3 Å². The van der Waals surface area contributed by atoms with E-state index in [1.165, 1.54) is 12.8 Å². The third-order valence-corrected chi connectivity index (χ3v) is 3.78. The predicted octanol–water partition coefficient (Wildman–Crippen LogP) is 3.07. The van der Waals surface area contributed by atoms with Gasteiger partial charge in [0.2, 0.25) is 5.91 Å². The van der Waals surface area contributed by atoms with Gasteiger partial charge >= 0.3 is 0 Å². The molecule has 0 saturated heterocycles. The van der Waals surface area contributed by atoms with Crippen molar-refractivity contribution in [2.24, 2.45) is 0 Å². The molecule has 3 nitrogen and oxygen atoms in total. The third-order valence-electron chi connectivity index (χ3n) is 2.84. The molecule has 1 heterocycles. The molecule has 0 aliphatic heterocycles. The van der Waals surface area contributed by atoms with E-state index in [-0.39, 0.29) is 12.5 Å². The molecule has 0 spiro atoms. The second-order valence-electron chi connectivity index (χ2n) is 4.66. The fraction of sp³-hybridized carbons (Fsp3) is 0.562. The van der Waals surface area contributed by atoms with Crippen LogP contribution in [0, 0.1) is 11.8 Å². The van der Waals surface area contributed by atoms with Crippen LogP contribution in [-0.4, -0.2) is 17.6 Å². The van der Waals surface area contributed by atoms with Crippen LogP contribution in [0.5, 0.6) is 0 Å². The second kappa shape index (κ2) is 10.5. The van der Waals surface area contributed by atoms with Gasteiger partial charge in [0.25, 0.3) is 0 Å². The largest absolute Gasteiger partial charge is 0.395 e. The number of nitrogens with one attached hydrogen (secondary N) is 1. The molecule has 0 fully saturated rings. The van der Waals surface area contributed by atoms with Gasteiger partial charge in [-0.25, -0.2) is 0 Å². The summed E-state index contributed by atoms with van der Waals surface area (Å²) in [5.41, 5.74) is 0.954. The average molecular weight is 293 g/mol. The first-order valence-corrected chi connectivity index (χ1v) is 8.08. The Hall–Kier alpha value is -1.31. The number of hydrogen-bond acceptors (Lipinski definition) is 3. The topological polar surface area (TPSA) is 49.3 Å². The van der Waals surface area contributed by atoms with Crippen LogP contribution in [0.25, 0.3) is 0 Å². The van der Waals surface area contributed by atoms with E-state index >= 15 is 0 Å². The SMILES string of the molecule is CCCCCCC(=O)NCc1cc(C#CCCO)cs1. The summed E-state index contributed by atoms with van der Waals surface area (Å²) < 4.78 is 0. The highest BCUT2D eigenvalue weighted by Crippen LogP contribution is 2.13. The van der Waals surface area contributed by atoms with E-state index in [2.05, 4.69) is 24.1 Å². The van der Waals surface area contributed by atoms with Crippen molar-refractivity contribution in [1.29, 1.82) is 0 Å². The van der Waals surface area contributed by atoms with E-state index in [0.717, 1.165) is 23.3 Å². The van der Waals surface area contributed by atoms with Crippen LogP contribution in [0.1, 0.15) is 55.9 Å². The summed E-state index contributed by atoms with van der Waals surface area (Å²) >= 11 is 1.60. The Bertz CT molecular complexity index is 457. The number of amides is 1. The van der Waals surface area contributed by atoms with Crippen molar-refractivity contribution in [2.75, 3.05) is 6.61 Å². The fourth-order valence-corrected chi connectivity index (χ4v) is 2.50. The Morgan fingerprint density at radius 3 is 3.00 bits per heavy atom. The van der Waals surface area contributed by atoms with E-state index in [0.29, 0.717) is 19.4 Å². The van der Waals surface area contributed by atoms with Gasteiger partial charge in [-0.1, -0.05) is 38.0 Å². The van der Waals surface area contributed by atoms with Crippen molar-refractivity contribution in [1.82, 2.24) is 5.32 Å². The zero-order valence-electron chi connectivity index (χ0n) is 12.1. The maximum Gasteiger partial charge on any atom is 0.220 e. The minimum Gasteiger partial charge on any atom is -0.395 e. The average Bonchev–Trinajstić information content (AvgIpc) is 2.90. The van der Waals surface area contributed by atoms with E-state index in [9.17, 15) is 4.79 Å². The van der Waals surface area contributed by atoms with Crippen molar-refractivity contribution in [3.63, 3.8) is 0 Å². The van der Waals surface area contributed by atoms with Crippen molar-refractivity contribution < 1.29 is 9.90 Å². The van der Waals surface area contributed by atoms with Crippen LogP contribution in [0.2, 0.25) is 0 Å². The van der Waals surface area contributed by atoms with Gasteiger partial charge < -0.3 is 10.4 Å². The van der Waals surface area contributed by atoms with Crippen LogP contribution < -0.4 is 5.32 Å². The maximum absolute atomic E-state index is 11.6. The molecule has 20 heavy (non-hydrogen) atoms. The molecule has 0 aliphatic carbocycles. The van der Waals surface area contributed by atoms with Crippen LogP contribution in [0.15, 0.2) is 11.4 Å². The first-order chi connectivity index (χ1) is 9.76. The fourth-order valence-electron chi connectivity index (χ4n) is 1.75. The van der Waals surface area contributed by atoms with E-state index in [1.807, 2.05) is 11.4 Å². The highest BCUT2D eigenvalue weighted by molar-refractivity contribution is 7.10. The van der Waals surface area contributed by atoms with Gasteiger partial charge in [-0.3, -0.25) is 4.79 Å². The number of hydrogen-bond donors (Lipinski definition) is 2. The lowest BCUT2D eigenvalue weighted by atomic mass is 10.1. The van der Waals surface area contributed by atoms with Gasteiger partial charge in [0, 0.05) is 28.7 Å². The highest BCUT2D eigenvalue weighted by Gasteiger charge is 2.02. The summed E-state index contributed by atoms with van der Waals surface area (Å²) in [4.78, 5) is 12.7. The maximum atomic E-state index is 11.6. The van der Waals surface area contributed by atoms with Gasteiger partial charge in [0.05, 0.1) is 13.2 Å². The molecule has 0 aliphatic rings. The standard InChI is InChI=1S/C16H23NO2S/c1-2-3-4-5-9-16(19)17-12-15-11-14(13-20-15)8-6-7-10-18/h11,13,18H,2-5,7,9-10,12H2,1H3,(H,17,19). The van der Waals surface area contributed by atoms with Gasteiger partial charge in [0.15, 0.2) is 0 Å². The normalized spacial score (nSPS) is 9.90. The Kier molecular flexibility index (Phi) is 8.77. The molecule has 0 bridgehead atoms. The summed E-state index contributed by atoms with van der Waals surface area (Å²) in [6, 6.07) is 1.99. The molecule has 0 aromatic carbocycles. The van der Waals surface area contributed by atoms with Crippen molar-refractivity contribution in [2.45, 2.75) is 52.0 Å². The molecule has 0 atom stereocenters. The highest BCUT2D eigenvalue weighted by atomic mass is 32.1. The summed E-state index contributed by atoms with van der Waals surface area (Å²) in [5.74, 6) is 6.01. The molecule has 2 N–H and O–H groups in total. The number of unbranched alkanes of at least 4 members (excludes halogenated alkanes) is 3. The van der Waals surface area contributed by atoms with Crippen molar-refractivity contribution >= 4 is 17.2 Å². The second-order valence-corrected chi connectivity index (χ2v) is 5.66. The first-order valence-electron chi connectivity index (χ1n) is 7.20. The smallest absolute Gasteiger partial charge is 0.220 e. The summed E-state index contributed by atoms with van der Waals surface area (Å²) in [6.45, 7) is 2.84. The molecular weight excluding hydrogens is 270 g/mol. The van der Waals surface area contributed by atoms with Gasteiger partial charge in [-0.05, 0) is 12.5 Å². The summed E-state index contributed by atoms with van der Waals surface area (Å²) in [5, 5.41) is 13.6. The number of aliphatic hydroxyl groups excluding tert-OH is 1. The molecule has 1 aromatic heterocycles. The Morgan fingerprint density at radius 2 is 2.25 bits per heavy atom.